The predicted octanol–water partition coefficient (Wildman–Crippen LogP) is 6.42. The van der Waals surface area contributed by atoms with Gasteiger partial charge in [-0.05, 0) is 55.9 Å². The van der Waals surface area contributed by atoms with Gasteiger partial charge in [-0.2, -0.15) is 0 Å². The van der Waals surface area contributed by atoms with Crippen LogP contribution in [-0.4, -0.2) is 24.3 Å². The minimum absolute atomic E-state index is 0.111. The molecule has 0 aliphatic heterocycles. The Balaban J connectivity index is 1.70. The van der Waals surface area contributed by atoms with Crippen LogP contribution in [0.15, 0.2) is 42.5 Å². The third-order valence-electron chi connectivity index (χ3n) is 5.84. The smallest absolute Gasteiger partial charge is 0.124 e. The van der Waals surface area contributed by atoms with E-state index in [-0.39, 0.29) is 18.3 Å². The number of hydrogen-bond donors (Lipinski definition) is 0. The summed E-state index contributed by atoms with van der Waals surface area (Å²) in [6.45, 7) is 6.54. The lowest BCUT2D eigenvalue weighted by molar-refractivity contribution is -0.0600. The van der Waals surface area contributed by atoms with Crippen molar-refractivity contribution in [3.05, 3.63) is 53.6 Å². The molecule has 148 valence electrons. The molecule has 2 bridgehead atoms. The first-order chi connectivity index (χ1) is 13.6. The minimum atomic E-state index is 0.111. The Morgan fingerprint density at radius 1 is 1.14 bits per heavy atom. The van der Waals surface area contributed by atoms with Crippen molar-refractivity contribution in [3.63, 3.8) is 0 Å². The van der Waals surface area contributed by atoms with Gasteiger partial charge in [0.15, 0.2) is 0 Å². The number of benzene rings is 2. The van der Waals surface area contributed by atoms with Crippen molar-refractivity contribution in [2.24, 2.45) is 5.92 Å². The summed E-state index contributed by atoms with van der Waals surface area (Å²) < 4.78 is 13.3. The molecule has 3 aromatic rings. The second kappa shape index (κ2) is 8.32. The van der Waals surface area contributed by atoms with Crippen molar-refractivity contribution >= 4 is 21.6 Å². The molecule has 4 unspecified atom stereocenters. The largest absolute Gasteiger partial charge is 0.382 e. The summed E-state index contributed by atoms with van der Waals surface area (Å²) >= 11 is 1.77. The monoisotopic (exact) mass is 395 g/mol. The third kappa shape index (κ3) is 3.86. The molecule has 1 aliphatic carbocycles. The van der Waals surface area contributed by atoms with Crippen LogP contribution >= 0.6 is 11.3 Å². The molecule has 0 spiro atoms. The minimum Gasteiger partial charge on any atom is -0.382 e. The summed E-state index contributed by atoms with van der Waals surface area (Å²) in [6.07, 6.45) is 3.56. The average Bonchev–Trinajstić information content (AvgIpc) is 3.13. The van der Waals surface area contributed by atoms with Gasteiger partial charge in [-0.3, -0.25) is 0 Å². The van der Waals surface area contributed by atoms with E-state index in [0.29, 0.717) is 5.92 Å². The van der Waals surface area contributed by atoms with Crippen molar-refractivity contribution < 1.29 is 9.47 Å². The molecule has 0 radical (unpaired) electrons. The van der Waals surface area contributed by atoms with E-state index in [2.05, 4.69) is 63.2 Å². The lowest BCUT2D eigenvalue weighted by Gasteiger charge is -2.35. The number of rotatable bonds is 7. The van der Waals surface area contributed by atoms with Gasteiger partial charge in [0.1, 0.15) is 5.01 Å². The van der Waals surface area contributed by atoms with Crippen LogP contribution in [0.4, 0.5) is 0 Å². The quantitative estimate of drug-likeness (QED) is 0.463. The van der Waals surface area contributed by atoms with Gasteiger partial charge in [0.05, 0.1) is 28.5 Å². The first kappa shape index (κ1) is 19.6. The van der Waals surface area contributed by atoms with Crippen LogP contribution in [0.25, 0.3) is 20.8 Å². The summed E-state index contributed by atoms with van der Waals surface area (Å²) in [6, 6.07) is 15.2. The molecule has 2 aromatic carbocycles. The highest BCUT2D eigenvalue weighted by molar-refractivity contribution is 7.21. The van der Waals surface area contributed by atoms with Gasteiger partial charge in [0.25, 0.3) is 0 Å². The van der Waals surface area contributed by atoms with Gasteiger partial charge >= 0.3 is 0 Å². The van der Waals surface area contributed by atoms with Gasteiger partial charge < -0.3 is 9.47 Å². The zero-order valence-corrected chi connectivity index (χ0v) is 18.0. The van der Waals surface area contributed by atoms with E-state index in [9.17, 15) is 0 Å². The van der Waals surface area contributed by atoms with Crippen LogP contribution in [0.3, 0.4) is 0 Å². The molecule has 0 amide bonds. The Morgan fingerprint density at radius 2 is 1.96 bits per heavy atom. The molecule has 4 rings (SSSR count). The summed E-state index contributed by atoms with van der Waals surface area (Å²) in [7, 11) is 1.77. The molecule has 0 fully saturated rings. The summed E-state index contributed by atoms with van der Waals surface area (Å²) in [5, 5.41) is 1.09. The number of nitrogens with zero attached hydrogens (tertiary/aromatic N) is 1. The van der Waals surface area contributed by atoms with E-state index in [1.807, 2.05) is 0 Å². The van der Waals surface area contributed by atoms with Crippen LogP contribution in [-0.2, 0) is 15.9 Å². The fourth-order valence-electron chi connectivity index (χ4n) is 4.23. The first-order valence-electron chi connectivity index (χ1n) is 10.3. The molecular weight excluding hydrogens is 366 g/mol. The molecule has 28 heavy (non-hydrogen) atoms. The molecule has 1 aliphatic rings. The maximum atomic E-state index is 6.64. The van der Waals surface area contributed by atoms with Crippen molar-refractivity contribution in [2.45, 2.75) is 58.3 Å². The number of fused-ring (bicyclic) bond motifs is 3. The molecule has 0 saturated carbocycles. The van der Waals surface area contributed by atoms with Gasteiger partial charge in [-0.15, -0.1) is 11.3 Å². The molecule has 0 saturated heterocycles. The number of methoxy groups -OCH3 is 1. The highest BCUT2D eigenvalue weighted by Crippen LogP contribution is 2.44. The number of ether oxygens (including phenoxy) is 2. The van der Waals surface area contributed by atoms with Crippen LogP contribution < -0.4 is 0 Å². The van der Waals surface area contributed by atoms with E-state index in [4.69, 9.17) is 14.5 Å². The highest BCUT2D eigenvalue weighted by atomic mass is 32.1. The average molecular weight is 396 g/mol. The van der Waals surface area contributed by atoms with Gasteiger partial charge in [-0.1, -0.05) is 43.7 Å². The fraction of sp³-hybridized carbons (Fsp3) is 0.458. The lowest BCUT2D eigenvalue weighted by Crippen LogP contribution is -2.27. The predicted molar refractivity (Wildman–Crippen MR) is 117 cm³/mol. The molecule has 4 heteroatoms. The molecule has 0 N–H and O–H groups in total. The van der Waals surface area contributed by atoms with Crippen LogP contribution in [0, 0.1) is 5.92 Å². The van der Waals surface area contributed by atoms with E-state index >= 15 is 0 Å². The van der Waals surface area contributed by atoms with Crippen LogP contribution in [0.5, 0.6) is 0 Å². The summed E-state index contributed by atoms with van der Waals surface area (Å²) in [5.41, 5.74) is 5.00. The van der Waals surface area contributed by atoms with Crippen LogP contribution in [0.2, 0.25) is 0 Å². The Hall–Kier alpha value is -1.75. The van der Waals surface area contributed by atoms with Gasteiger partial charge in [-0.25, -0.2) is 4.98 Å². The topological polar surface area (TPSA) is 31.4 Å². The second-order valence-corrected chi connectivity index (χ2v) is 8.96. The summed E-state index contributed by atoms with van der Waals surface area (Å²) in [4.78, 5) is 4.91. The Kier molecular flexibility index (Phi) is 5.81. The lowest BCUT2D eigenvalue weighted by atomic mass is 9.80. The van der Waals surface area contributed by atoms with Gasteiger partial charge in [0, 0.05) is 12.7 Å². The number of para-hydroxylation sites is 1. The molecular formula is C24H29NO2S. The Labute approximate surface area is 171 Å². The molecule has 3 nitrogen and oxygen atoms in total. The zero-order chi connectivity index (χ0) is 19.7. The van der Waals surface area contributed by atoms with E-state index in [1.54, 1.807) is 18.4 Å². The number of thiazole rings is 1. The van der Waals surface area contributed by atoms with E-state index in [0.717, 1.165) is 29.8 Å². The SMILES string of the molecule is CCC1Cc2ccc(-c3nc4ccccc4s3)c(c2)C1OC(C)CC(C)OC. The van der Waals surface area contributed by atoms with Crippen molar-refractivity contribution in [1.82, 2.24) is 4.98 Å². The Morgan fingerprint density at radius 3 is 2.71 bits per heavy atom. The summed E-state index contributed by atoms with van der Waals surface area (Å²) in [5.74, 6) is 0.504. The number of hydrogen-bond acceptors (Lipinski definition) is 4. The van der Waals surface area contributed by atoms with Crippen LogP contribution in [0.1, 0.15) is 50.8 Å². The fourth-order valence-corrected chi connectivity index (χ4v) is 5.25. The van der Waals surface area contributed by atoms with Crippen molar-refractivity contribution in [1.29, 1.82) is 0 Å². The highest BCUT2D eigenvalue weighted by Gasteiger charge is 2.32. The normalized spacial score (nSPS) is 21.0. The maximum absolute atomic E-state index is 6.64. The van der Waals surface area contributed by atoms with E-state index in [1.165, 1.54) is 21.4 Å². The van der Waals surface area contributed by atoms with E-state index < -0.39 is 0 Å². The van der Waals surface area contributed by atoms with Crippen molar-refractivity contribution in [3.8, 4) is 10.6 Å². The van der Waals surface area contributed by atoms with Gasteiger partial charge in [0.2, 0.25) is 0 Å². The zero-order valence-electron chi connectivity index (χ0n) is 17.1. The standard InChI is InChI=1S/C24H29NO2S/c1-5-18-13-17-10-11-19(24-25-21-8-6-7-9-22(21)28-24)20(14-17)23(18)27-16(3)12-15(2)26-4/h6-11,14-16,18,23H,5,12-13H2,1-4H3. The number of aromatic nitrogens is 1. The second-order valence-electron chi connectivity index (χ2n) is 7.93. The van der Waals surface area contributed by atoms with Crippen molar-refractivity contribution in [2.75, 3.05) is 7.11 Å². The maximum Gasteiger partial charge on any atom is 0.124 e. The molecule has 4 atom stereocenters. The first-order valence-corrected chi connectivity index (χ1v) is 11.1. The Bertz CT molecular complexity index is 918. The molecule has 1 aromatic heterocycles. The third-order valence-corrected chi connectivity index (χ3v) is 6.91. The molecule has 1 heterocycles.